The number of para-hydroxylation sites is 1. The van der Waals surface area contributed by atoms with Crippen molar-refractivity contribution < 1.29 is 19.1 Å². The Hall–Kier alpha value is -4.05. The molecule has 2 unspecified atom stereocenters. The molecule has 0 spiro atoms. The summed E-state index contributed by atoms with van der Waals surface area (Å²) >= 11 is 0. The first-order valence-corrected chi connectivity index (χ1v) is 16.7. The molecule has 1 aromatic heterocycles. The molecule has 3 aromatic rings. The Balaban J connectivity index is 1.68. The summed E-state index contributed by atoms with van der Waals surface area (Å²) in [5, 5.41) is 15.1. The maximum absolute atomic E-state index is 14.8. The van der Waals surface area contributed by atoms with Crippen LogP contribution in [0.1, 0.15) is 79.2 Å². The molecule has 10 heteroatoms. The summed E-state index contributed by atoms with van der Waals surface area (Å²) in [6.07, 6.45) is 2.98. The van der Waals surface area contributed by atoms with Gasteiger partial charge in [-0.15, -0.1) is 5.10 Å². The number of aromatic nitrogens is 3. The zero-order chi connectivity index (χ0) is 33.3. The number of amides is 3. The third-order valence-electron chi connectivity index (χ3n) is 9.27. The summed E-state index contributed by atoms with van der Waals surface area (Å²) in [5.74, 6) is -0.00135. The number of hydrogen-bond donors (Lipinski definition) is 2. The van der Waals surface area contributed by atoms with Crippen LogP contribution in [0.2, 0.25) is 0 Å². The van der Waals surface area contributed by atoms with E-state index in [9.17, 15) is 14.4 Å². The molecular weight excluding hydrogens is 580 g/mol. The Bertz CT molecular complexity index is 1520. The molecule has 248 valence electrons. The number of rotatable bonds is 15. The quantitative estimate of drug-likeness (QED) is 0.207. The van der Waals surface area contributed by atoms with Crippen molar-refractivity contribution in [2.75, 3.05) is 31.2 Å². The lowest BCUT2D eigenvalue weighted by Gasteiger charge is -2.40. The molecule has 0 radical (unpaired) electrons. The monoisotopic (exact) mass is 630 g/mol. The van der Waals surface area contributed by atoms with Gasteiger partial charge in [0.15, 0.2) is 0 Å². The second kappa shape index (κ2) is 15.5. The number of hydrogen-bond acceptors (Lipinski definition) is 6. The van der Waals surface area contributed by atoms with Crippen molar-refractivity contribution in [2.24, 2.45) is 10.8 Å². The van der Waals surface area contributed by atoms with Crippen LogP contribution >= 0.6 is 0 Å². The lowest BCUT2D eigenvalue weighted by molar-refractivity contribution is -0.136. The number of nitrogens with one attached hydrogen (secondary N) is 2. The predicted octanol–water partition coefficient (Wildman–Crippen LogP) is 5.75. The van der Waals surface area contributed by atoms with Crippen molar-refractivity contribution in [3.63, 3.8) is 0 Å². The minimum atomic E-state index is -0.787. The van der Waals surface area contributed by atoms with Crippen LogP contribution in [0.4, 0.5) is 5.69 Å². The third-order valence-corrected chi connectivity index (χ3v) is 9.27. The molecule has 46 heavy (non-hydrogen) atoms. The number of carbonyl (C=O) groups is 3. The SMILES string of the molecule is CCCC(=O)NCCOCCn1nnc2c1-c1ccccc1CN(C(=O)C(C)(CC)CC(C)(CC)C(=O)NCC)c1ccccc1-2. The van der Waals surface area contributed by atoms with E-state index in [0.717, 1.165) is 34.5 Å². The van der Waals surface area contributed by atoms with Crippen LogP contribution in [0.3, 0.4) is 0 Å². The van der Waals surface area contributed by atoms with Crippen LogP contribution in [0, 0.1) is 10.8 Å². The van der Waals surface area contributed by atoms with Gasteiger partial charge in [0, 0.05) is 41.5 Å². The first-order valence-electron chi connectivity index (χ1n) is 16.7. The van der Waals surface area contributed by atoms with Gasteiger partial charge in [0.05, 0.1) is 37.7 Å². The summed E-state index contributed by atoms with van der Waals surface area (Å²) in [7, 11) is 0. The molecule has 0 saturated heterocycles. The molecular formula is C36H50N6O4. The molecule has 10 nitrogen and oxygen atoms in total. The van der Waals surface area contributed by atoms with E-state index in [2.05, 4.69) is 27.0 Å². The number of anilines is 1. The average molecular weight is 631 g/mol. The highest BCUT2D eigenvalue weighted by molar-refractivity contribution is 6.03. The highest BCUT2D eigenvalue weighted by Gasteiger charge is 2.45. The second-order valence-electron chi connectivity index (χ2n) is 12.7. The van der Waals surface area contributed by atoms with Crippen LogP contribution in [0.15, 0.2) is 48.5 Å². The summed E-state index contributed by atoms with van der Waals surface area (Å²) in [5.41, 5.74) is 3.64. The van der Waals surface area contributed by atoms with Gasteiger partial charge in [-0.1, -0.05) is 82.3 Å². The third kappa shape index (κ3) is 7.49. The second-order valence-corrected chi connectivity index (χ2v) is 12.7. The normalized spacial score (nSPS) is 14.9. The first kappa shape index (κ1) is 34.8. The molecule has 0 fully saturated rings. The fraction of sp³-hybridized carbons (Fsp3) is 0.528. The number of fused-ring (bicyclic) bond motifs is 5. The number of ether oxygens (including phenoxy) is 1. The minimum absolute atomic E-state index is 0.0171. The maximum Gasteiger partial charge on any atom is 0.233 e. The molecule has 0 bridgehead atoms. The first-order chi connectivity index (χ1) is 22.1. The van der Waals surface area contributed by atoms with Crippen LogP contribution in [0.5, 0.6) is 0 Å². The number of benzene rings is 2. The van der Waals surface area contributed by atoms with Crippen LogP contribution in [-0.2, 0) is 32.2 Å². The minimum Gasteiger partial charge on any atom is -0.378 e. The van der Waals surface area contributed by atoms with E-state index < -0.39 is 10.8 Å². The largest absolute Gasteiger partial charge is 0.378 e. The fourth-order valence-corrected chi connectivity index (χ4v) is 6.26. The molecule has 2 N–H and O–H groups in total. The molecule has 0 aliphatic carbocycles. The number of carbonyl (C=O) groups excluding carboxylic acids is 3. The van der Waals surface area contributed by atoms with E-state index in [4.69, 9.17) is 4.74 Å². The van der Waals surface area contributed by atoms with E-state index in [1.54, 1.807) is 0 Å². The van der Waals surface area contributed by atoms with E-state index in [0.29, 0.717) is 70.8 Å². The van der Waals surface area contributed by atoms with Gasteiger partial charge in [0.25, 0.3) is 0 Å². The molecule has 0 saturated carbocycles. The van der Waals surface area contributed by atoms with Gasteiger partial charge in [0.2, 0.25) is 17.7 Å². The highest BCUT2D eigenvalue weighted by atomic mass is 16.5. The zero-order valence-corrected chi connectivity index (χ0v) is 28.3. The fourth-order valence-electron chi connectivity index (χ4n) is 6.26. The summed E-state index contributed by atoms with van der Waals surface area (Å²) < 4.78 is 7.70. The lowest BCUT2D eigenvalue weighted by Crippen LogP contribution is -2.48. The molecule has 1 aliphatic rings. The van der Waals surface area contributed by atoms with Crippen molar-refractivity contribution in [3.05, 3.63) is 54.1 Å². The van der Waals surface area contributed by atoms with Gasteiger partial charge in [-0.25, -0.2) is 4.68 Å². The van der Waals surface area contributed by atoms with Gasteiger partial charge in [-0.05, 0) is 44.2 Å². The van der Waals surface area contributed by atoms with Gasteiger partial charge < -0.3 is 20.3 Å². The van der Waals surface area contributed by atoms with E-state index in [-0.39, 0.29) is 17.7 Å². The Labute approximate surface area is 273 Å². The van der Waals surface area contributed by atoms with E-state index in [1.807, 2.05) is 93.6 Å². The standard InChI is InChI=1S/C36H50N6O4/c1-7-15-30(43)38-20-22-46-23-21-42-32-27-17-12-11-16-26(27)24-41(29-19-14-13-18-28(29)31(32)39-40-42)34(45)36(6,9-3)25-35(5,8-2)33(44)37-10-4/h11-14,16-19H,7-10,15,20-25H2,1-6H3,(H,37,44)(H,38,43). The van der Waals surface area contributed by atoms with Crippen molar-refractivity contribution in [1.82, 2.24) is 25.6 Å². The van der Waals surface area contributed by atoms with Crippen LogP contribution < -0.4 is 15.5 Å². The summed E-state index contributed by atoms with van der Waals surface area (Å²) in [4.78, 5) is 41.6. The number of nitrogens with zero attached hydrogens (tertiary/aromatic N) is 4. The molecule has 3 amide bonds. The smallest absolute Gasteiger partial charge is 0.233 e. The van der Waals surface area contributed by atoms with Crippen molar-refractivity contribution in [1.29, 1.82) is 0 Å². The Morgan fingerprint density at radius 2 is 1.59 bits per heavy atom. The summed E-state index contributed by atoms with van der Waals surface area (Å²) in [6, 6.07) is 15.9. The molecule has 2 atom stereocenters. The van der Waals surface area contributed by atoms with E-state index >= 15 is 0 Å². The molecule has 2 heterocycles. The highest BCUT2D eigenvalue weighted by Crippen LogP contribution is 2.45. The van der Waals surface area contributed by atoms with Gasteiger partial charge in [0.1, 0.15) is 5.69 Å². The van der Waals surface area contributed by atoms with Crippen LogP contribution in [0.25, 0.3) is 22.5 Å². The molecule has 1 aliphatic heterocycles. The summed E-state index contributed by atoms with van der Waals surface area (Å²) in [6.45, 7) is 14.6. The predicted molar refractivity (Wildman–Crippen MR) is 181 cm³/mol. The Morgan fingerprint density at radius 3 is 2.28 bits per heavy atom. The Morgan fingerprint density at radius 1 is 0.891 bits per heavy atom. The van der Waals surface area contributed by atoms with Gasteiger partial charge in [-0.3, -0.25) is 14.4 Å². The average Bonchev–Trinajstić information content (AvgIpc) is 3.47. The topological polar surface area (TPSA) is 118 Å². The van der Waals surface area contributed by atoms with Gasteiger partial charge in [-0.2, -0.15) is 0 Å². The molecule has 4 rings (SSSR count). The lowest BCUT2D eigenvalue weighted by atomic mass is 9.68. The maximum atomic E-state index is 14.8. The van der Waals surface area contributed by atoms with Crippen molar-refractivity contribution in [2.45, 2.75) is 86.7 Å². The van der Waals surface area contributed by atoms with Crippen LogP contribution in [-0.4, -0.2) is 59.0 Å². The van der Waals surface area contributed by atoms with Crippen molar-refractivity contribution in [3.8, 4) is 22.5 Å². The zero-order valence-electron chi connectivity index (χ0n) is 28.3. The van der Waals surface area contributed by atoms with E-state index in [1.165, 1.54) is 0 Å². The Kier molecular flexibility index (Phi) is 11.7. The van der Waals surface area contributed by atoms with Crippen molar-refractivity contribution >= 4 is 23.4 Å². The van der Waals surface area contributed by atoms with Gasteiger partial charge >= 0.3 is 0 Å². The molecule has 2 aromatic carbocycles.